The monoisotopic (exact) mass is 333 g/mol. The molecule has 0 aromatic heterocycles. The van der Waals surface area contributed by atoms with E-state index in [1.807, 2.05) is 24.8 Å². The zero-order valence-corrected chi connectivity index (χ0v) is 13.3. The topological polar surface area (TPSA) is 12.0 Å². The number of benzene rings is 1. The summed E-state index contributed by atoms with van der Waals surface area (Å²) in [5, 5.41) is 4.34. The van der Waals surface area contributed by atoms with Crippen LogP contribution in [0.2, 0.25) is 5.02 Å². The van der Waals surface area contributed by atoms with E-state index < -0.39 is 0 Å². The van der Waals surface area contributed by atoms with E-state index in [0.717, 1.165) is 27.3 Å². The van der Waals surface area contributed by atoms with Crippen molar-refractivity contribution >= 4 is 45.0 Å². The van der Waals surface area contributed by atoms with Crippen LogP contribution in [0, 0.1) is 6.92 Å². The maximum Gasteiger partial charge on any atom is 0.0500 e. The molecule has 1 aliphatic carbocycles. The number of hydrogen-bond donors (Lipinski definition) is 1. The zero-order chi connectivity index (χ0) is 12.5. The molecule has 1 nitrogen and oxygen atoms in total. The molecule has 1 aliphatic rings. The van der Waals surface area contributed by atoms with Crippen LogP contribution in [0.5, 0.6) is 0 Å². The van der Waals surface area contributed by atoms with E-state index in [4.69, 9.17) is 11.6 Å². The van der Waals surface area contributed by atoms with Gasteiger partial charge in [-0.25, -0.2) is 0 Å². The third-order valence-electron chi connectivity index (χ3n) is 3.55. The highest BCUT2D eigenvalue weighted by atomic mass is 79.9. The molecule has 1 N–H and O–H groups in total. The first-order chi connectivity index (χ1) is 8.06. The summed E-state index contributed by atoms with van der Waals surface area (Å²) in [6.07, 6.45) is 6.20. The smallest absolute Gasteiger partial charge is 0.0500 e. The Morgan fingerprint density at radius 3 is 2.71 bits per heavy atom. The van der Waals surface area contributed by atoms with Gasteiger partial charge in [-0.2, -0.15) is 11.8 Å². The van der Waals surface area contributed by atoms with Crippen LogP contribution in [0.25, 0.3) is 0 Å². The third kappa shape index (κ3) is 2.94. The van der Waals surface area contributed by atoms with Crippen LogP contribution in [-0.4, -0.2) is 17.5 Å². The van der Waals surface area contributed by atoms with Crippen molar-refractivity contribution in [1.82, 2.24) is 0 Å². The molecule has 0 radical (unpaired) electrons. The zero-order valence-electron chi connectivity index (χ0n) is 10.1. The van der Waals surface area contributed by atoms with E-state index in [2.05, 4.69) is 33.6 Å². The van der Waals surface area contributed by atoms with Gasteiger partial charge >= 0.3 is 0 Å². The predicted molar refractivity (Wildman–Crippen MR) is 82.5 cm³/mol. The molecule has 0 heterocycles. The summed E-state index contributed by atoms with van der Waals surface area (Å²) in [5.41, 5.74) is 2.20. The summed E-state index contributed by atoms with van der Waals surface area (Å²) in [5.74, 6) is 0. The maximum atomic E-state index is 6.15. The Morgan fingerprint density at radius 2 is 2.18 bits per heavy atom. The van der Waals surface area contributed by atoms with Gasteiger partial charge in [-0.05, 0) is 59.6 Å². The lowest BCUT2D eigenvalue weighted by Gasteiger charge is -2.40. The van der Waals surface area contributed by atoms with Crippen LogP contribution >= 0.6 is 39.3 Å². The van der Waals surface area contributed by atoms with Crippen molar-refractivity contribution in [2.45, 2.75) is 30.9 Å². The number of rotatable bonds is 4. The molecule has 0 saturated heterocycles. The number of hydrogen-bond acceptors (Lipinski definition) is 2. The van der Waals surface area contributed by atoms with Crippen molar-refractivity contribution in [2.24, 2.45) is 0 Å². The Bertz CT molecular complexity index is 413. The quantitative estimate of drug-likeness (QED) is 0.821. The maximum absolute atomic E-state index is 6.15. The first kappa shape index (κ1) is 13.6. The Morgan fingerprint density at radius 1 is 1.47 bits per heavy atom. The van der Waals surface area contributed by atoms with E-state index in [0.29, 0.717) is 4.75 Å². The van der Waals surface area contributed by atoms with Crippen molar-refractivity contribution in [3.63, 3.8) is 0 Å². The first-order valence-corrected chi connectivity index (χ1v) is 8.20. The molecular formula is C13H17BrClNS. The minimum atomic E-state index is 0.441. The Hall–Kier alpha value is 0.140. The van der Waals surface area contributed by atoms with Crippen molar-refractivity contribution in [3.8, 4) is 0 Å². The van der Waals surface area contributed by atoms with Gasteiger partial charge in [-0.3, -0.25) is 0 Å². The minimum Gasteiger partial charge on any atom is -0.383 e. The lowest BCUT2D eigenvalue weighted by Crippen LogP contribution is -2.40. The van der Waals surface area contributed by atoms with E-state index in [1.165, 1.54) is 19.3 Å². The molecule has 4 heteroatoms. The van der Waals surface area contributed by atoms with Crippen LogP contribution in [0.4, 0.5) is 5.69 Å². The third-order valence-corrected chi connectivity index (χ3v) is 6.03. The highest BCUT2D eigenvalue weighted by Gasteiger charge is 2.35. The second-order valence-electron chi connectivity index (χ2n) is 4.68. The molecule has 2 rings (SSSR count). The summed E-state index contributed by atoms with van der Waals surface area (Å²) < 4.78 is 1.53. The fourth-order valence-electron chi connectivity index (χ4n) is 2.06. The van der Waals surface area contributed by atoms with Crippen molar-refractivity contribution in [2.75, 3.05) is 18.1 Å². The number of anilines is 1. The van der Waals surface area contributed by atoms with Gasteiger partial charge < -0.3 is 5.32 Å². The molecule has 1 fully saturated rings. The summed E-state index contributed by atoms with van der Waals surface area (Å²) in [6.45, 7) is 3.04. The second-order valence-corrected chi connectivity index (χ2v) is 7.21. The van der Waals surface area contributed by atoms with Gasteiger partial charge in [0.2, 0.25) is 0 Å². The molecule has 0 atom stereocenters. The number of halogens is 2. The van der Waals surface area contributed by atoms with Gasteiger partial charge in [-0.15, -0.1) is 0 Å². The first-order valence-electron chi connectivity index (χ1n) is 5.81. The number of aryl methyl sites for hydroxylation is 1. The Kier molecular flexibility index (Phi) is 4.32. The molecule has 0 spiro atoms. The van der Waals surface area contributed by atoms with Gasteiger partial charge in [0, 0.05) is 26.5 Å². The molecule has 0 amide bonds. The Labute approximate surface area is 121 Å². The van der Waals surface area contributed by atoms with Crippen molar-refractivity contribution in [3.05, 3.63) is 27.2 Å². The fraction of sp³-hybridized carbons (Fsp3) is 0.538. The average molecular weight is 335 g/mol. The van der Waals surface area contributed by atoms with Crippen LogP contribution < -0.4 is 5.32 Å². The van der Waals surface area contributed by atoms with Gasteiger partial charge in [0.25, 0.3) is 0 Å². The lowest BCUT2D eigenvalue weighted by molar-refractivity contribution is 0.380. The SMILES string of the molecule is CSC1(CNc2cc(Cl)c(C)cc2Br)CCC1. The molecule has 1 aromatic carbocycles. The lowest BCUT2D eigenvalue weighted by atomic mass is 9.84. The summed E-state index contributed by atoms with van der Waals surface area (Å²) in [4.78, 5) is 0. The van der Waals surface area contributed by atoms with Crippen LogP contribution in [-0.2, 0) is 0 Å². The van der Waals surface area contributed by atoms with Crippen molar-refractivity contribution in [1.29, 1.82) is 0 Å². The van der Waals surface area contributed by atoms with E-state index in [9.17, 15) is 0 Å². The summed E-state index contributed by atoms with van der Waals surface area (Å²) in [7, 11) is 0. The number of nitrogens with one attached hydrogen (secondary N) is 1. The van der Waals surface area contributed by atoms with Gasteiger partial charge in [0.15, 0.2) is 0 Å². The summed E-state index contributed by atoms with van der Waals surface area (Å²) in [6, 6.07) is 4.07. The fourth-order valence-corrected chi connectivity index (χ4v) is 3.74. The molecule has 0 aliphatic heterocycles. The molecule has 17 heavy (non-hydrogen) atoms. The Balaban J connectivity index is 2.06. The van der Waals surface area contributed by atoms with E-state index in [-0.39, 0.29) is 0 Å². The highest BCUT2D eigenvalue weighted by Crippen LogP contribution is 2.43. The van der Waals surface area contributed by atoms with Gasteiger partial charge in [0.1, 0.15) is 0 Å². The van der Waals surface area contributed by atoms with Gasteiger partial charge in [0.05, 0.1) is 0 Å². The second kappa shape index (κ2) is 5.41. The average Bonchev–Trinajstić information content (AvgIpc) is 2.24. The van der Waals surface area contributed by atoms with Crippen molar-refractivity contribution < 1.29 is 0 Å². The predicted octanol–water partition coefficient (Wildman–Crippen LogP) is 5.11. The molecule has 1 saturated carbocycles. The normalized spacial score (nSPS) is 17.6. The van der Waals surface area contributed by atoms with Crippen LogP contribution in [0.3, 0.4) is 0 Å². The standard InChI is InChI=1S/C13H17BrClNS/c1-9-6-10(14)12(7-11(9)15)16-8-13(17-2)4-3-5-13/h6-7,16H,3-5,8H2,1-2H3. The molecular weight excluding hydrogens is 318 g/mol. The largest absolute Gasteiger partial charge is 0.383 e. The van der Waals surface area contributed by atoms with Crippen LogP contribution in [0.15, 0.2) is 16.6 Å². The van der Waals surface area contributed by atoms with E-state index >= 15 is 0 Å². The van der Waals surface area contributed by atoms with E-state index in [1.54, 1.807) is 0 Å². The molecule has 1 aromatic rings. The number of thioether (sulfide) groups is 1. The summed E-state index contributed by atoms with van der Waals surface area (Å²) >= 11 is 11.7. The van der Waals surface area contributed by atoms with Crippen LogP contribution in [0.1, 0.15) is 24.8 Å². The minimum absolute atomic E-state index is 0.441. The molecule has 94 valence electrons. The van der Waals surface area contributed by atoms with Gasteiger partial charge in [-0.1, -0.05) is 18.0 Å². The molecule has 0 unspecified atom stereocenters. The molecule has 0 bridgehead atoms. The highest BCUT2D eigenvalue weighted by molar-refractivity contribution is 9.10.